The van der Waals surface area contributed by atoms with Crippen LogP contribution < -0.4 is 5.32 Å². The maximum atomic E-state index is 11.6. The summed E-state index contributed by atoms with van der Waals surface area (Å²) in [5.74, 6) is -1.62. The Hall–Kier alpha value is -2.70. The topological polar surface area (TPSA) is 94.6 Å². The van der Waals surface area contributed by atoms with E-state index in [1.807, 2.05) is 0 Å². The first-order valence-electron chi connectivity index (χ1n) is 5.74. The smallest absolute Gasteiger partial charge is 0.331 e. The molecule has 1 rings (SSSR count). The first-order chi connectivity index (χ1) is 9.63. The molecule has 1 aromatic rings. The molecule has 0 aromatic carbocycles. The normalized spacial score (nSPS) is 10.1. The van der Waals surface area contributed by atoms with Gasteiger partial charge in [-0.3, -0.25) is 9.78 Å². The van der Waals surface area contributed by atoms with Crippen LogP contribution in [0.2, 0.25) is 0 Å². The van der Waals surface area contributed by atoms with Crippen molar-refractivity contribution in [1.82, 2.24) is 10.3 Å². The standard InChI is InChI=1S/C13H14N2O5/c1-19-11(16)2-3-12(17)20-9-8-15-13(18)10-4-6-14-7-5-10/h2-7H,8-9H2,1H3,(H,15,18)/b3-2+. The van der Waals surface area contributed by atoms with E-state index in [0.717, 1.165) is 12.2 Å². The number of hydrogen-bond donors (Lipinski definition) is 1. The predicted octanol–water partition coefficient (Wildman–Crippen LogP) is 0.0838. The number of rotatable bonds is 6. The summed E-state index contributed by atoms with van der Waals surface area (Å²) < 4.78 is 9.07. The highest BCUT2D eigenvalue weighted by molar-refractivity contribution is 5.94. The summed E-state index contributed by atoms with van der Waals surface area (Å²) in [5, 5.41) is 2.57. The van der Waals surface area contributed by atoms with Crippen LogP contribution >= 0.6 is 0 Å². The molecule has 0 unspecified atom stereocenters. The van der Waals surface area contributed by atoms with Crippen LogP contribution in [0.15, 0.2) is 36.7 Å². The van der Waals surface area contributed by atoms with Gasteiger partial charge in [0.15, 0.2) is 0 Å². The van der Waals surface area contributed by atoms with Crippen LogP contribution in [0.3, 0.4) is 0 Å². The van der Waals surface area contributed by atoms with Gasteiger partial charge in [-0.25, -0.2) is 9.59 Å². The van der Waals surface area contributed by atoms with E-state index in [4.69, 9.17) is 4.74 Å². The molecule has 0 fully saturated rings. The van der Waals surface area contributed by atoms with Gasteiger partial charge in [-0.2, -0.15) is 0 Å². The lowest BCUT2D eigenvalue weighted by Crippen LogP contribution is -2.27. The number of carbonyl (C=O) groups is 3. The zero-order valence-electron chi connectivity index (χ0n) is 10.9. The summed E-state index contributed by atoms with van der Waals surface area (Å²) in [4.78, 5) is 37.2. The molecule has 7 heteroatoms. The van der Waals surface area contributed by atoms with Crippen LogP contribution in [-0.2, 0) is 19.1 Å². The second-order valence-electron chi connectivity index (χ2n) is 3.52. The van der Waals surface area contributed by atoms with E-state index in [0.29, 0.717) is 5.56 Å². The predicted molar refractivity (Wildman–Crippen MR) is 68.7 cm³/mol. The molecule has 0 saturated carbocycles. The second kappa shape index (κ2) is 8.41. The average molecular weight is 278 g/mol. The minimum atomic E-state index is -0.687. The third-order valence-electron chi connectivity index (χ3n) is 2.13. The summed E-state index contributed by atoms with van der Waals surface area (Å²) in [6.45, 7) is 0.167. The number of methoxy groups -OCH3 is 1. The number of aromatic nitrogens is 1. The molecule has 0 spiro atoms. The number of amides is 1. The minimum absolute atomic E-state index is 0.00116. The zero-order chi connectivity index (χ0) is 14.8. The van der Waals surface area contributed by atoms with Gasteiger partial charge in [-0.1, -0.05) is 0 Å². The van der Waals surface area contributed by atoms with Crippen LogP contribution in [0.1, 0.15) is 10.4 Å². The monoisotopic (exact) mass is 278 g/mol. The van der Waals surface area contributed by atoms with Crippen LogP contribution in [0.4, 0.5) is 0 Å². The quantitative estimate of drug-likeness (QED) is 0.450. The highest BCUT2D eigenvalue weighted by Crippen LogP contribution is 1.95. The molecule has 0 aliphatic rings. The van der Waals surface area contributed by atoms with E-state index < -0.39 is 11.9 Å². The Morgan fingerprint density at radius 1 is 1.20 bits per heavy atom. The van der Waals surface area contributed by atoms with E-state index in [1.165, 1.54) is 19.5 Å². The van der Waals surface area contributed by atoms with Crippen LogP contribution in [0.25, 0.3) is 0 Å². The number of ether oxygens (including phenoxy) is 2. The Kier molecular flexibility index (Phi) is 6.46. The average Bonchev–Trinajstić information content (AvgIpc) is 2.49. The lowest BCUT2D eigenvalue weighted by Gasteiger charge is -2.05. The van der Waals surface area contributed by atoms with Gasteiger partial charge >= 0.3 is 11.9 Å². The lowest BCUT2D eigenvalue weighted by molar-refractivity contribution is -0.139. The van der Waals surface area contributed by atoms with Crippen molar-refractivity contribution in [2.45, 2.75) is 0 Å². The fraction of sp³-hybridized carbons (Fsp3) is 0.231. The summed E-state index contributed by atoms with van der Waals surface area (Å²) in [7, 11) is 1.20. The van der Waals surface area contributed by atoms with Crippen LogP contribution in [-0.4, -0.2) is 43.1 Å². The van der Waals surface area contributed by atoms with Crippen molar-refractivity contribution in [1.29, 1.82) is 0 Å². The van der Waals surface area contributed by atoms with Crippen molar-refractivity contribution in [2.24, 2.45) is 0 Å². The van der Waals surface area contributed by atoms with Gasteiger partial charge in [0.25, 0.3) is 5.91 Å². The van der Waals surface area contributed by atoms with E-state index in [-0.39, 0.29) is 19.1 Å². The fourth-order valence-electron chi connectivity index (χ4n) is 1.17. The van der Waals surface area contributed by atoms with Gasteiger partial charge in [0, 0.05) is 30.1 Å². The molecule has 7 nitrogen and oxygen atoms in total. The number of esters is 2. The van der Waals surface area contributed by atoms with E-state index in [2.05, 4.69) is 15.0 Å². The molecule has 20 heavy (non-hydrogen) atoms. The molecule has 1 N–H and O–H groups in total. The van der Waals surface area contributed by atoms with Crippen molar-refractivity contribution in [2.75, 3.05) is 20.3 Å². The number of carbonyl (C=O) groups excluding carboxylic acids is 3. The first kappa shape index (κ1) is 15.4. The minimum Gasteiger partial charge on any atom is -0.466 e. The molecule has 0 atom stereocenters. The Morgan fingerprint density at radius 2 is 1.85 bits per heavy atom. The number of pyridine rings is 1. The van der Waals surface area contributed by atoms with E-state index in [1.54, 1.807) is 12.1 Å². The van der Waals surface area contributed by atoms with Gasteiger partial charge in [0.05, 0.1) is 13.7 Å². The number of nitrogens with zero attached hydrogens (tertiary/aromatic N) is 1. The second-order valence-corrected chi connectivity index (χ2v) is 3.52. The van der Waals surface area contributed by atoms with E-state index >= 15 is 0 Å². The zero-order valence-corrected chi connectivity index (χ0v) is 10.9. The van der Waals surface area contributed by atoms with Gasteiger partial charge in [0.1, 0.15) is 6.61 Å². The van der Waals surface area contributed by atoms with Gasteiger partial charge in [-0.05, 0) is 12.1 Å². The van der Waals surface area contributed by atoms with Crippen molar-refractivity contribution < 1.29 is 23.9 Å². The molecule has 0 radical (unpaired) electrons. The molecule has 0 bridgehead atoms. The summed E-state index contributed by atoms with van der Waals surface area (Å²) in [5.41, 5.74) is 0.469. The molecular formula is C13H14N2O5. The number of nitrogens with one attached hydrogen (secondary N) is 1. The maximum absolute atomic E-state index is 11.6. The third kappa shape index (κ3) is 5.76. The Bertz CT molecular complexity index is 499. The number of hydrogen-bond acceptors (Lipinski definition) is 6. The highest BCUT2D eigenvalue weighted by Gasteiger charge is 2.04. The summed E-state index contributed by atoms with van der Waals surface area (Å²) in [6.07, 6.45) is 4.92. The van der Waals surface area contributed by atoms with Gasteiger partial charge in [-0.15, -0.1) is 0 Å². The molecule has 106 valence electrons. The molecule has 1 amide bonds. The molecule has 0 aliphatic carbocycles. The Labute approximate surface area is 115 Å². The van der Waals surface area contributed by atoms with Crippen molar-refractivity contribution in [3.63, 3.8) is 0 Å². The van der Waals surface area contributed by atoms with Crippen molar-refractivity contribution in [3.8, 4) is 0 Å². The SMILES string of the molecule is COC(=O)/C=C/C(=O)OCCNC(=O)c1ccncc1. The van der Waals surface area contributed by atoms with Gasteiger partial charge in [0.2, 0.25) is 0 Å². The summed E-state index contributed by atoms with van der Waals surface area (Å²) >= 11 is 0. The third-order valence-corrected chi connectivity index (χ3v) is 2.13. The van der Waals surface area contributed by atoms with Crippen molar-refractivity contribution >= 4 is 17.8 Å². The molecule has 0 aliphatic heterocycles. The van der Waals surface area contributed by atoms with Crippen molar-refractivity contribution in [3.05, 3.63) is 42.2 Å². The van der Waals surface area contributed by atoms with Gasteiger partial charge < -0.3 is 14.8 Å². The van der Waals surface area contributed by atoms with Crippen LogP contribution in [0.5, 0.6) is 0 Å². The maximum Gasteiger partial charge on any atom is 0.331 e. The molecule has 1 aromatic heterocycles. The first-order valence-corrected chi connectivity index (χ1v) is 5.74. The van der Waals surface area contributed by atoms with E-state index in [9.17, 15) is 14.4 Å². The Morgan fingerprint density at radius 3 is 2.50 bits per heavy atom. The summed E-state index contributed by atoms with van der Waals surface area (Å²) in [6, 6.07) is 3.14. The highest BCUT2D eigenvalue weighted by atomic mass is 16.5. The fourth-order valence-corrected chi connectivity index (χ4v) is 1.17. The van der Waals surface area contributed by atoms with Crippen LogP contribution in [0, 0.1) is 0 Å². The Balaban J connectivity index is 2.22. The molecule has 1 heterocycles. The lowest BCUT2D eigenvalue weighted by atomic mass is 10.2. The molecule has 0 saturated heterocycles. The largest absolute Gasteiger partial charge is 0.466 e. The molecular weight excluding hydrogens is 264 g/mol.